The minimum absolute atomic E-state index is 0.0597. The number of ether oxygens (including phenoxy) is 3. The Hall–Kier alpha value is -7.69. The molecule has 4 aromatic carbocycles. The van der Waals surface area contributed by atoms with E-state index in [9.17, 15) is 52.9 Å². The number of nitrogens with one attached hydrogen (secondary N) is 3. The fourth-order valence-corrected chi connectivity index (χ4v) is 12.5. The predicted octanol–water partition coefficient (Wildman–Crippen LogP) is 7.20. The predicted molar refractivity (Wildman–Crippen MR) is 319 cm³/mol. The molecule has 1 saturated heterocycles. The molecule has 0 radical (unpaired) electrons. The Labute approximate surface area is 503 Å². The number of aliphatic hydroxyl groups is 1. The van der Waals surface area contributed by atoms with Crippen LogP contribution in [0.15, 0.2) is 78.9 Å². The number of aliphatic hydroxyl groups excluding tert-OH is 1. The summed E-state index contributed by atoms with van der Waals surface area (Å²) in [5, 5.41) is 21.9. The van der Waals surface area contributed by atoms with Crippen LogP contribution in [0.1, 0.15) is 124 Å². The van der Waals surface area contributed by atoms with E-state index in [4.69, 9.17) is 36.1 Å². The van der Waals surface area contributed by atoms with Gasteiger partial charge in [0.2, 0.25) is 23.6 Å². The standard InChI is InChI=1S/C61H72ClN8O15P/c1-82-49-32-43-46(33-50(49)83-31-11-2-4-18-51(71)69-36-39(35-62)54-42-15-6-5-14-41(42)48(34-47(54)69)85-86(80)81)70(57(76)45-17-12-30-67(45)56(43)75)60(79)84-37-38-19-21-40(22-20-38)65-55(74)44(16-7-8-27-63)66-59(78)61(25-13-26-61)58(77)64-28-9-3-10-29-68-52(72)23-24-53(68)73/h5-6,14-15,19-24,32-34,39,44-45,57,76H,2-4,7-13,16-18,25-31,35-37,63H2,1H3,(H3-,64,65,66,74,77,78,80,81)/p+1/t39-,44+,45?,57?/m1/s1. The summed E-state index contributed by atoms with van der Waals surface area (Å²) >= 11 is 6.42. The van der Waals surface area contributed by atoms with Crippen LogP contribution in [-0.4, -0.2) is 138 Å². The zero-order valence-corrected chi connectivity index (χ0v) is 49.6. The number of imide groups is 1. The third-order valence-corrected chi connectivity index (χ3v) is 17.4. The van der Waals surface area contributed by atoms with Crippen molar-refractivity contribution >= 4 is 95.1 Å². The number of carbonyl (C=O) groups excluding carboxylic acids is 8. The fourth-order valence-electron chi connectivity index (χ4n) is 11.9. The van der Waals surface area contributed by atoms with E-state index in [1.807, 2.05) is 12.1 Å². The summed E-state index contributed by atoms with van der Waals surface area (Å²) in [6.07, 6.45) is 7.41. The smallest absolute Gasteiger partial charge is 0.493 e. The van der Waals surface area contributed by atoms with E-state index in [0.717, 1.165) is 15.8 Å². The van der Waals surface area contributed by atoms with Crippen molar-refractivity contribution in [1.29, 1.82) is 0 Å². The number of nitrogens with zero attached hydrogens (tertiary/aromatic N) is 4. The molecule has 1 aliphatic carbocycles. The average molecular weight is 1220 g/mol. The van der Waals surface area contributed by atoms with Gasteiger partial charge in [0.05, 0.1) is 36.7 Å². The molecule has 458 valence electrons. The van der Waals surface area contributed by atoms with Gasteiger partial charge in [-0.3, -0.25) is 38.5 Å². The molecule has 4 aliphatic heterocycles. The highest BCUT2D eigenvalue weighted by Crippen LogP contribution is 2.48. The van der Waals surface area contributed by atoms with Gasteiger partial charge in [-0.25, -0.2) is 14.2 Å². The largest absolute Gasteiger partial charge is 0.747 e. The maximum Gasteiger partial charge on any atom is 0.747 e. The molecule has 9 rings (SSSR count). The maximum atomic E-state index is 14.3. The Morgan fingerprint density at radius 3 is 2.28 bits per heavy atom. The van der Waals surface area contributed by atoms with Crippen LogP contribution in [0.4, 0.5) is 21.9 Å². The SMILES string of the molecule is COc1cc2c(cc1OCCCCCC(=O)N1C[C@@H](CCl)c3c1cc(O[P+](=O)O)c1ccccc31)N(C(=O)OCc1ccc(NC(=O)[C@H](CCCCN)NC(=O)C3(C(=O)NCCCCCN4C(=O)C=CC4=O)CCC3)cc1)C(O)C1CCCN1C2=O. The first-order valence-electron chi connectivity index (χ1n) is 29.4. The van der Waals surface area contributed by atoms with Gasteiger partial charge in [0.15, 0.2) is 23.5 Å². The Balaban J connectivity index is 0.791. The number of alkyl halides is 1. The van der Waals surface area contributed by atoms with E-state index < -0.39 is 61.7 Å². The minimum atomic E-state index is -2.96. The molecule has 23 nitrogen and oxygen atoms in total. The Bertz CT molecular complexity index is 3250. The van der Waals surface area contributed by atoms with Crippen LogP contribution in [-0.2, 0) is 44.7 Å². The summed E-state index contributed by atoms with van der Waals surface area (Å²) in [4.78, 5) is 122. The van der Waals surface area contributed by atoms with Crippen molar-refractivity contribution in [1.82, 2.24) is 20.4 Å². The highest BCUT2D eigenvalue weighted by Gasteiger charge is 2.51. The molecule has 2 fully saturated rings. The van der Waals surface area contributed by atoms with E-state index in [1.54, 1.807) is 52.3 Å². The van der Waals surface area contributed by atoms with Crippen molar-refractivity contribution in [2.45, 2.75) is 127 Å². The van der Waals surface area contributed by atoms with Crippen LogP contribution >= 0.6 is 19.9 Å². The summed E-state index contributed by atoms with van der Waals surface area (Å²) in [5.74, 6) is -1.95. The molecule has 1 saturated carbocycles. The zero-order chi connectivity index (χ0) is 61.1. The molecule has 4 heterocycles. The number of hydrogen-bond donors (Lipinski definition) is 6. The molecule has 7 N–H and O–H groups in total. The normalized spacial score (nSPS) is 18.8. The molecule has 3 unspecified atom stereocenters. The highest BCUT2D eigenvalue weighted by molar-refractivity contribution is 7.32. The number of halogens is 1. The first-order valence-corrected chi connectivity index (χ1v) is 31.0. The quantitative estimate of drug-likeness (QED) is 0.0108. The molecular formula is C61H73ClN8O15P+. The third kappa shape index (κ3) is 13.9. The second-order valence-electron chi connectivity index (χ2n) is 22.2. The van der Waals surface area contributed by atoms with Gasteiger partial charge in [-0.15, -0.1) is 16.5 Å². The molecule has 25 heteroatoms. The summed E-state index contributed by atoms with van der Waals surface area (Å²) in [6, 6.07) is 16.7. The van der Waals surface area contributed by atoms with Gasteiger partial charge >= 0.3 is 14.3 Å². The fraction of sp³-hybridized carbons (Fsp3) is 0.475. The van der Waals surface area contributed by atoms with Crippen LogP contribution in [0, 0.1) is 5.41 Å². The van der Waals surface area contributed by atoms with Gasteiger partial charge in [0, 0.05) is 84.3 Å². The average Bonchev–Trinajstić information content (AvgIpc) is 1.62. The Kier molecular flexibility index (Phi) is 20.9. The number of hydrogen-bond acceptors (Lipinski definition) is 15. The monoisotopic (exact) mass is 1220 g/mol. The van der Waals surface area contributed by atoms with Crippen molar-refractivity contribution in [2.75, 3.05) is 67.4 Å². The molecular weight excluding hydrogens is 1150 g/mol. The molecule has 0 aromatic heterocycles. The molecule has 4 aromatic rings. The second kappa shape index (κ2) is 28.7. The maximum absolute atomic E-state index is 14.3. The number of anilines is 3. The van der Waals surface area contributed by atoms with Crippen LogP contribution in [0.25, 0.3) is 10.8 Å². The number of amides is 8. The van der Waals surface area contributed by atoms with Gasteiger partial charge in [0.25, 0.3) is 17.7 Å². The summed E-state index contributed by atoms with van der Waals surface area (Å²) in [7, 11) is -1.53. The number of rotatable bonds is 28. The van der Waals surface area contributed by atoms with Crippen LogP contribution in [0.2, 0.25) is 0 Å². The van der Waals surface area contributed by atoms with Gasteiger partial charge in [0.1, 0.15) is 18.1 Å². The van der Waals surface area contributed by atoms with Gasteiger partial charge < -0.3 is 50.8 Å². The number of benzene rings is 4. The van der Waals surface area contributed by atoms with E-state index in [2.05, 4.69) is 16.0 Å². The molecule has 5 aliphatic rings. The van der Waals surface area contributed by atoms with Crippen molar-refractivity contribution in [3.05, 3.63) is 95.6 Å². The second-order valence-corrected chi connectivity index (χ2v) is 23.1. The lowest BCUT2D eigenvalue weighted by atomic mass is 9.67. The van der Waals surface area contributed by atoms with Crippen LogP contribution < -0.4 is 45.5 Å². The van der Waals surface area contributed by atoms with Crippen molar-refractivity contribution in [3.8, 4) is 17.2 Å². The zero-order valence-electron chi connectivity index (χ0n) is 48.0. The molecule has 5 atom stereocenters. The number of unbranched alkanes of at least 4 members (excludes halogenated alkanes) is 5. The van der Waals surface area contributed by atoms with Gasteiger partial charge in [-0.2, -0.15) is 0 Å². The first-order chi connectivity index (χ1) is 41.6. The minimum Gasteiger partial charge on any atom is -0.493 e. The number of carbonyl (C=O) groups is 8. The molecule has 0 bridgehead atoms. The summed E-state index contributed by atoms with van der Waals surface area (Å²) in [5.41, 5.74) is 6.98. The first kappa shape index (κ1) is 62.8. The third-order valence-electron chi connectivity index (χ3n) is 16.7. The summed E-state index contributed by atoms with van der Waals surface area (Å²) < 4.78 is 34.8. The lowest BCUT2D eigenvalue weighted by Crippen LogP contribution is -2.58. The number of fused-ring (bicyclic) bond motifs is 5. The van der Waals surface area contributed by atoms with Gasteiger partial charge in [-0.05, 0) is 125 Å². The van der Waals surface area contributed by atoms with Crippen molar-refractivity contribution in [2.24, 2.45) is 11.1 Å². The van der Waals surface area contributed by atoms with E-state index in [1.165, 1.54) is 36.3 Å². The van der Waals surface area contributed by atoms with Crippen LogP contribution in [0.5, 0.6) is 17.2 Å². The lowest BCUT2D eigenvalue weighted by Gasteiger charge is -2.39. The number of nitrogens with two attached hydrogens (primary N) is 1. The molecule has 8 amide bonds. The Morgan fingerprint density at radius 2 is 1.58 bits per heavy atom. The molecule has 86 heavy (non-hydrogen) atoms. The van der Waals surface area contributed by atoms with Crippen LogP contribution in [0.3, 0.4) is 0 Å². The highest BCUT2D eigenvalue weighted by atomic mass is 35.5. The van der Waals surface area contributed by atoms with Crippen molar-refractivity contribution in [3.63, 3.8) is 0 Å². The van der Waals surface area contributed by atoms with Crippen molar-refractivity contribution < 1.29 is 71.7 Å². The Morgan fingerprint density at radius 1 is 0.849 bits per heavy atom. The van der Waals surface area contributed by atoms with E-state index >= 15 is 0 Å². The molecule has 0 spiro atoms. The van der Waals surface area contributed by atoms with E-state index in [0.29, 0.717) is 132 Å². The van der Waals surface area contributed by atoms with Gasteiger partial charge in [-0.1, -0.05) is 42.8 Å². The summed E-state index contributed by atoms with van der Waals surface area (Å²) in [6.45, 7) is 1.59. The topological polar surface area (TPSA) is 306 Å². The lowest BCUT2D eigenvalue weighted by molar-refractivity contribution is -0.151. The number of methoxy groups -OCH3 is 1. The van der Waals surface area contributed by atoms with E-state index in [-0.39, 0.29) is 90.6 Å².